The first-order valence-electron chi connectivity index (χ1n) is 16.9. The van der Waals surface area contributed by atoms with Crippen LogP contribution in [0.1, 0.15) is 123 Å². The van der Waals surface area contributed by atoms with Crippen LogP contribution in [0.5, 0.6) is 0 Å². The van der Waals surface area contributed by atoms with Gasteiger partial charge in [-0.05, 0) is 74.1 Å². The zero-order chi connectivity index (χ0) is 33.3. The summed E-state index contributed by atoms with van der Waals surface area (Å²) in [7, 11) is 0. The van der Waals surface area contributed by atoms with E-state index in [2.05, 4.69) is 116 Å². The molecule has 2 aromatic rings. The summed E-state index contributed by atoms with van der Waals surface area (Å²) in [6.45, 7) is 28.7. The van der Waals surface area contributed by atoms with E-state index in [1.807, 2.05) is 19.1 Å². The third-order valence-corrected chi connectivity index (χ3v) is 10.2. The standard InChI is InChI=1S/C20H26N.C18H26N.C5H6.Ru.Y/c1-15-8-13-19(21-15)20(2,3)14-16-9-11-18(12-10-16)17-6-4-5-7-17;1-16(2,12-14-10-8-7-9-11-14)15-13-17(3,4)18(5,6)19-15;1-3-5-4-2;;/h9-12,17H,4-7,13-14H2,1-3H3;8-11H,12-13H2,1-6H3;1,3-5H,2H2;;/q2*-1;-2;+1;+3. The number of allylic oxidation sites excluding steroid dienone is 5. The second-order valence-electron chi connectivity index (χ2n) is 15.5. The molecule has 0 amide bonds. The Morgan fingerprint density at radius 1 is 0.894 bits per heavy atom. The van der Waals surface area contributed by atoms with Gasteiger partial charge in [0.2, 0.25) is 0 Å². The van der Waals surface area contributed by atoms with Gasteiger partial charge in [0.15, 0.2) is 0 Å². The quantitative estimate of drug-likeness (QED) is 0.145. The Kier molecular flexibility index (Phi) is 17.7. The Labute approximate surface area is 327 Å². The topological polar surface area (TPSA) is 24.7 Å². The smallest absolute Gasteiger partial charge is 0.468 e. The average molecular weight is 793 g/mol. The molecule has 0 spiro atoms. The fraction of sp³-hybridized carbons (Fsp3) is 0.512. The maximum Gasteiger partial charge on any atom is 3.00 e. The third kappa shape index (κ3) is 12.8. The fourth-order valence-electron chi connectivity index (χ4n) is 6.45. The SMILES string of the molecule is CC(C)(Cc1cc[c-]cc1)C1=NC(C)(C)C(C)(C)C1.CC1=[C-]CC(C(C)(C)Cc2ccc(C3CCCC3)cc2)=N1.[CH-]=CC=C[CH2-].[Ru+].[Y+3]. The minimum atomic E-state index is 0. The molecule has 0 atom stereocenters. The first-order chi connectivity index (χ1) is 21.1. The molecule has 3 aliphatic rings. The van der Waals surface area contributed by atoms with E-state index < -0.39 is 0 Å². The zero-order valence-corrected chi connectivity index (χ0v) is 35.3. The molecule has 2 aromatic carbocycles. The molecule has 0 aromatic heterocycles. The molecule has 0 saturated heterocycles. The molecule has 4 heteroatoms. The van der Waals surface area contributed by atoms with Crippen molar-refractivity contribution in [2.75, 3.05) is 0 Å². The molecule has 0 unspecified atom stereocenters. The third-order valence-electron chi connectivity index (χ3n) is 10.2. The van der Waals surface area contributed by atoms with E-state index in [4.69, 9.17) is 11.6 Å². The van der Waals surface area contributed by atoms with Crippen LogP contribution in [0.4, 0.5) is 0 Å². The maximum absolute atomic E-state index is 5.05. The predicted molar refractivity (Wildman–Crippen MR) is 196 cm³/mol. The van der Waals surface area contributed by atoms with Gasteiger partial charge >= 0.3 is 52.2 Å². The van der Waals surface area contributed by atoms with Gasteiger partial charge in [-0.25, -0.2) is 25.2 Å². The summed E-state index contributed by atoms with van der Waals surface area (Å²) in [6.07, 6.45) is 17.7. The van der Waals surface area contributed by atoms with Gasteiger partial charge in [-0.1, -0.05) is 85.6 Å². The predicted octanol–water partition coefficient (Wildman–Crippen LogP) is 11.5. The summed E-state index contributed by atoms with van der Waals surface area (Å²) in [4.78, 5) is 9.71. The van der Waals surface area contributed by atoms with Gasteiger partial charge in [0.25, 0.3) is 0 Å². The van der Waals surface area contributed by atoms with E-state index >= 15 is 0 Å². The second kappa shape index (κ2) is 19.1. The molecular formula is C43H58N2RuY. The summed E-state index contributed by atoms with van der Waals surface area (Å²) < 4.78 is 0. The Bertz CT molecular complexity index is 1370. The van der Waals surface area contributed by atoms with E-state index in [0.29, 0.717) is 0 Å². The molecular weight excluding hydrogens is 734 g/mol. The Balaban J connectivity index is 0.000000398. The number of nitrogens with zero attached hydrogens (tertiary/aromatic N) is 2. The van der Waals surface area contributed by atoms with Crippen molar-refractivity contribution in [2.24, 2.45) is 26.2 Å². The van der Waals surface area contributed by atoms with Crippen molar-refractivity contribution in [1.29, 1.82) is 0 Å². The van der Waals surface area contributed by atoms with Crippen molar-refractivity contribution in [1.82, 2.24) is 0 Å². The summed E-state index contributed by atoms with van der Waals surface area (Å²) in [5.74, 6) is 0.813. The maximum atomic E-state index is 5.05. The van der Waals surface area contributed by atoms with Gasteiger partial charge in [-0.2, -0.15) is 35.9 Å². The Morgan fingerprint density at radius 3 is 1.85 bits per heavy atom. The van der Waals surface area contributed by atoms with E-state index in [1.165, 1.54) is 59.9 Å². The average Bonchev–Trinajstić information content (AvgIpc) is 3.71. The minimum absolute atomic E-state index is 0. The van der Waals surface area contributed by atoms with Crippen LogP contribution in [0.15, 0.2) is 82.4 Å². The largest absolute Gasteiger partial charge is 3.00 e. The number of rotatable bonds is 8. The molecule has 0 bridgehead atoms. The van der Waals surface area contributed by atoms with Gasteiger partial charge in [0.05, 0.1) is 5.54 Å². The van der Waals surface area contributed by atoms with Crippen molar-refractivity contribution in [3.8, 4) is 0 Å². The fourth-order valence-corrected chi connectivity index (χ4v) is 6.45. The molecule has 47 heavy (non-hydrogen) atoms. The summed E-state index contributed by atoms with van der Waals surface area (Å²) in [5.41, 5.74) is 8.59. The molecule has 1 saturated carbocycles. The number of benzene rings is 2. The van der Waals surface area contributed by atoms with Crippen molar-refractivity contribution in [2.45, 2.75) is 125 Å². The van der Waals surface area contributed by atoms with E-state index in [-0.39, 0.29) is 74.0 Å². The van der Waals surface area contributed by atoms with Crippen LogP contribution in [0, 0.1) is 41.9 Å². The first kappa shape index (κ1) is 43.6. The van der Waals surface area contributed by atoms with Gasteiger partial charge < -0.3 is 11.1 Å². The van der Waals surface area contributed by atoms with Gasteiger partial charge in [-0.3, -0.25) is 11.6 Å². The molecule has 2 aliphatic heterocycles. The molecule has 5 rings (SSSR count). The van der Waals surface area contributed by atoms with Crippen LogP contribution in [-0.4, -0.2) is 17.0 Å². The normalized spacial score (nSPS) is 18.4. The molecule has 251 valence electrons. The van der Waals surface area contributed by atoms with Crippen LogP contribution >= 0.6 is 0 Å². The summed E-state index contributed by atoms with van der Waals surface area (Å²) in [5, 5.41) is 0. The van der Waals surface area contributed by atoms with E-state index in [1.54, 1.807) is 12.2 Å². The second-order valence-corrected chi connectivity index (χ2v) is 15.5. The minimum Gasteiger partial charge on any atom is -0.468 e. The Morgan fingerprint density at radius 2 is 1.43 bits per heavy atom. The first-order valence-corrected chi connectivity index (χ1v) is 16.9. The molecule has 1 radical (unpaired) electrons. The number of aliphatic imine (C=N–C) groups is 2. The summed E-state index contributed by atoms with van der Waals surface area (Å²) in [6, 6.07) is 20.8. The molecule has 2 nitrogen and oxygen atoms in total. The number of hydrogen-bond donors (Lipinski definition) is 0. The van der Waals surface area contributed by atoms with Gasteiger partial charge in [0, 0.05) is 16.5 Å². The van der Waals surface area contributed by atoms with Crippen LogP contribution in [-0.2, 0) is 65.0 Å². The van der Waals surface area contributed by atoms with Crippen LogP contribution in [0.25, 0.3) is 0 Å². The van der Waals surface area contributed by atoms with Crippen molar-refractivity contribution < 1.29 is 52.2 Å². The van der Waals surface area contributed by atoms with Crippen LogP contribution in [0.3, 0.4) is 0 Å². The van der Waals surface area contributed by atoms with Crippen molar-refractivity contribution in [3.05, 3.63) is 115 Å². The molecule has 0 N–H and O–H groups in total. The van der Waals surface area contributed by atoms with Gasteiger partial charge in [0.1, 0.15) is 0 Å². The molecule has 1 aliphatic carbocycles. The van der Waals surface area contributed by atoms with Crippen molar-refractivity contribution in [3.63, 3.8) is 0 Å². The van der Waals surface area contributed by atoms with Gasteiger partial charge in [-0.15, -0.1) is 12.1 Å². The molecule has 2 heterocycles. The summed E-state index contributed by atoms with van der Waals surface area (Å²) >= 11 is 0. The zero-order valence-electron chi connectivity index (χ0n) is 30.7. The Hall–Kier alpha value is -1.40. The molecule has 1 fully saturated rings. The van der Waals surface area contributed by atoms with E-state index in [9.17, 15) is 0 Å². The van der Waals surface area contributed by atoms with Crippen molar-refractivity contribution >= 4 is 11.4 Å². The van der Waals surface area contributed by atoms with E-state index in [0.717, 1.165) is 37.3 Å². The number of hydrogen-bond acceptors (Lipinski definition) is 2. The van der Waals surface area contributed by atoms with Crippen LogP contribution < -0.4 is 0 Å². The van der Waals surface area contributed by atoms with Crippen LogP contribution in [0.2, 0.25) is 0 Å². The monoisotopic (exact) mass is 793 g/mol.